The Morgan fingerprint density at radius 1 is 1.00 bits per heavy atom. The molecule has 5 nitrogen and oxygen atoms in total. The van der Waals surface area contributed by atoms with Crippen LogP contribution < -0.4 is 10.1 Å². The molecule has 0 radical (unpaired) electrons. The van der Waals surface area contributed by atoms with Crippen LogP contribution in [0.3, 0.4) is 0 Å². The summed E-state index contributed by atoms with van der Waals surface area (Å²) in [6.07, 6.45) is 1.89. The molecule has 3 aromatic carbocycles. The van der Waals surface area contributed by atoms with E-state index in [1.165, 1.54) is 16.3 Å². The number of aromatic nitrogens is 3. The van der Waals surface area contributed by atoms with Crippen LogP contribution in [0, 0.1) is 0 Å². The number of methoxy groups -OCH3 is 1. The molecule has 0 bridgehead atoms. The molecule has 0 saturated carbocycles. The zero-order valence-electron chi connectivity index (χ0n) is 15.3. The minimum Gasteiger partial charge on any atom is -0.497 e. The van der Waals surface area contributed by atoms with Crippen LogP contribution in [0.2, 0.25) is 0 Å². The van der Waals surface area contributed by atoms with Gasteiger partial charge in [-0.25, -0.2) is 9.50 Å². The second-order valence-electron chi connectivity index (χ2n) is 6.51. The third-order valence-corrected chi connectivity index (χ3v) is 5.61. The molecule has 2 aromatic heterocycles. The second kappa shape index (κ2) is 6.98. The van der Waals surface area contributed by atoms with Gasteiger partial charge < -0.3 is 10.1 Å². The van der Waals surface area contributed by atoms with Crippen molar-refractivity contribution in [2.24, 2.45) is 0 Å². The van der Waals surface area contributed by atoms with E-state index < -0.39 is 0 Å². The fourth-order valence-corrected chi connectivity index (χ4v) is 4.00. The predicted molar refractivity (Wildman–Crippen MR) is 114 cm³/mol. The van der Waals surface area contributed by atoms with Crippen molar-refractivity contribution in [1.29, 1.82) is 0 Å². The Morgan fingerprint density at radius 2 is 1.82 bits per heavy atom. The lowest BCUT2D eigenvalue weighted by Gasteiger charge is -2.04. The van der Waals surface area contributed by atoms with Crippen LogP contribution in [0.5, 0.6) is 5.75 Å². The highest BCUT2D eigenvalue weighted by Crippen LogP contribution is 2.28. The topological polar surface area (TPSA) is 51.5 Å². The number of imidazole rings is 1. The van der Waals surface area contributed by atoms with E-state index >= 15 is 0 Å². The van der Waals surface area contributed by atoms with Crippen molar-refractivity contribution in [3.05, 3.63) is 78.5 Å². The molecule has 0 spiro atoms. The first-order valence-electron chi connectivity index (χ1n) is 9.01. The fourth-order valence-electron chi connectivity index (χ4n) is 3.23. The van der Waals surface area contributed by atoms with Crippen LogP contribution in [0.25, 0.3) is 27.0 Å². The van der Waals surface area contributed by atoms with E-state index in [4.69, 9.17) is 9.84 Å². The van der Waals surface area contributed by atoms with Crippen LogP contribution in [-0.4, -0.2) is 21.7 Å². The van der Waals surface area contributed by atoms with E-state index in [9.17, 15) is 0 Å². The Balaban J connectivity index is 1.41. The van der Waals surface area contributed by atoms with Gasteiger partial charge in [0.15, 0.2) is 0 Å². The van der Waals surface area contributed by atoms with Gasteiger partial charge in [0, 0.05) is 12.1 Å². The molecule has 0 amide bonds. The lowest BCUT2D eigenvalue weighted by molar-refractivity contribution is 0.414. The van der Waals surface area contributed by atoms with Gasteiger partial charge >= 0.3 is 0 Å². The van der Waals surface area contributed by atoms with Crippen LogP contribution in [-0.2, 0) is 6.54 Å². The molecular formula is C22H18N4OS. The Hall–Kier alpha value is -3.38. The van der Waals surface area contributed by atoms with E-state index in [-0.39, 0.29) is 0 Å². The largest absolute Gasteiger partial charge is 0.497 e. The van der Waals surface area contributed by atoms with Crippen LogP contribution in [0.4, 0.5) is 5.13 Å². The molecule has 0 aliphatic carbocycles. The maximum Gasteiger partial charge on any atom is 0.214 e. The van der Waals surface area contributed by atoms with Gasteiger partial charge in [-0.1, -0.05) is 59.9 Å². The SMILES string of the molecule is COc1ccc(CNc2nn3c(-c4ccc5ccccc5c4)cnc3s2)cc1. The summed E-state index contributed by atoms with van der Waals surface area (Å²) in [5, 5.41) is 11.4. The molecule has 5 aromatic rings. The standard InChI is InChI=1S/C22H18N4OS/c1-27-19-10-6-15(7-11-19)13-23-21-25-26-20(14-24-22(26)28-21)18-9-8-16-4-2-3-5-17(16)12-18/h2-12,14H,13H2,1H3,(H,23,25). The summed E-state index contributed by atoms with van der Waals surface area (Å²) in [6, 6.07) is 22.8. The van der Waals surface area contributed by atoms with E-state index in [0.29, 0.717) is 6.54 Å². The van der Waals surface area contributed by atoms with Gasteiger partial charge in [-0.3, -0.25) is 0 Å². The molecule has 0 saturated heterocycles. The minimum absolute atomic E-state index is 0.700. The first-order chi connectivity index (χ1) is 13.8. The summed E-state index contributed by atoms with van der Waals surface area (Å²) in [5.74, 6) is 0.858. The number of ether oxygens (including phenoxy) is 1. The monoisotopic (exact) mass is 386 g/mol. The highest BCUT2D eigenvalue weighted by Gasteiger charge is 2.12. The number of anilines is 1. The van der Waals surface area contributed by atoms with Crippen LogP contribution >= 0.6 is 11.3 Å². The van der Waals surface area contributed by atoms with Gasteiger partial charge in [-0.2, -0.15) is 0 Å². The molecule has 138 valence electrons. The number of rotatable bonds is 5. The molecule has 0 aliphatic rings. The van der Waals surface area contributed by atoms with Gasteiger partial charge in [-0.15, -0.1) is 5.10 Å². The average molecular weight is 386 g/mol. The van der Waals surface area contributed by atoms with Gasteiger partial charge in [0.25, 0.3) is 0 Å². The van der Waals surface area contributed by atoms with E-state index in [2.05, 4.69) is 52.8 Å². The maximum atomic E-state index is 5.20. The number of fused-ring (bicyclic) bond motifs is 2. The van der Waals surface area contributed by atoms with Gasteiger partial charge in [0.2, 0.25) is 10.1 Å². The molecule has 2 heterocycles. The molecule has 0 unspecified atom stereocenters. The molecular weight excluding hydrogens is 368 g/mol. The van der Waals surface area contributed by atoms with E-state index in [0.717, 1.165) is 27.1 Å². The van der Waals surface area contributed by atoms with Crippen molar-refractivity contribution >= 4 is 32.2 Å². The van der Waals surface area contributed by atoms with Gasteiger partial charge in [0.05, 0.1) is 19.0 Å². The third kappa shape index (κ3) is 3.08. The third-order valence-electron chi connectivity index (χ3n) is 4.73. The van der Waals surface area contributed by atoms with E-state index in [1.54, 1.807) is 18.4 Å². The van der Waals surface area contributed by atoms with Crippen LogP contribution in [0.15, 0.2) is 72.9 Å². The van der Waals surface area contributed by atoms with Crippen LogP contribution in [0.1, 0.15) is 5.56 Å². The summed E-state index contributed by atoms with van der Waals surface area (Å²) in [5.41, 5.74) is 3.27. The average Bonchev–Trinajstić information content (AvgIpc) is 3.32. The molecule has 28 heavy (non-hydrogen) atoms. The summed E-state index contributed by atoms with van der Waals surface area (Å²) < 4.78 is 7.11. The Morgan fingerprint density at radius 3 is 2.64 bits per heavy atom. The van der Waals surface area contributed by atoms with Gasteiger partial charge in [0.1, 0.15) is 5.75 Å². The summed E-state index contributed by atoms with van der Waals surface area (Å²) >= 11 is 1.55. The Kier molecular flexibility index (Phi) is 4.18. The smallest absolute Gasteiger partial charge is 0.214 e. The first-order valence-corrected chi connectivity index (χ1v) is 9.82. The van der Waals surface area contributed by atoms with Crippen molar-refractivity contribution < 1.29 is 4.74 Å². The van der Waals surface area contributed by atoms with Crippen molar-refractivity contribution in [2.45, 2.75) is 6.54 Å². The molecule has 5 rings (SSSR count). The number of hydrogen-bond acceptors (Lipinski definition) is 5. The fraction of sp³-hybridized carbons (Fsp3) is 0.0909. The number of nitrogens with one attached hydrogen (secondary N) is 1. The van der Waals surface area contributed by atoms with Crippen molar-refractivity contribution in [3.8, 4) is 17.0 Å². The molecule has 6 heteroatoms. The molecule has 0 fully saturated rings. The quantitative estimate of drug-likeness (QED) is 0.449. The van der Waals surface area contributed by atoms with E-state index in [1.807, 2.05) is 35.0 Å². The zero-order chi connectivity index (χ0) is 18.9. The van der Waals surface area contributed by atoms with Crippen molar-refractivity contribution in [3.63, 3.8) is 0 Å². The molecule has 0 atom stereocenters. The second-order valence-corrected chi connectivity index (χ2v) is 7.46. The summed E-state index contributed by atoms with van der Waals surface area (Å²) in [7, 11) is 1.67. The summed E-state index contributed by atoms with van der Waals surface area (Å²) in [4.78, 5) is 5.41. The Labute approximate surface area is 166 Å². The zero-order valence-corrected chi connectivity index (χ0v) is 16.1. The predicted octanol–water partition coefficient (Wildman–Crippen LogP) is 5.23. The van der Waals surface area contributed by atoms with Crippen molar-refractivity contribution in [1.82, 2.24) is 14.6 Å². The van der Waals surface area contributed by atoms with Crippen molar-refractivity contribution in [2.75, 3.05) is 12.4 Å². The normalized spacial score (nSPS) is 11.2. The summed E-state index contributed by atoms with van der Waals surface area (Å²) in [6.45, 7) is 0.700. The number of nitrogens with zero attached hydrogens (tertiary/aromatic N) is 3. The maximum absolute atomic E-state index is 5.20. The lowest BCUT2D eigenvalue weighted by atomic mass is 10.1. The number of benzene rings is 3. The highest BCUT2D eigenvalue weighted by atomic mass is 32.1. The number of hydrogen-bond donors (Lipinski definition) is 1. The molecule has 0 aliphatic heterocycles. The Bertz CT molecular complexity index is 1260. The minimum atomic E-state index is 0.700. The highest BCUT2D eigenvalue weighted by molar-refractivity contribution is 7.20. The first kappa shape index (κ1) is 16.8. The lowest BCUT2D eigenvalue weighted by Crippen LogP contribution is -2.00. The molecule has 1 N–H and O–H groups in total. The van der Waals surface area contributed by atoms with Gasteiger partial charge in [-0.05, 0) is 34.5 Å².